The SMILES string of the molecule is COc1ccc(Cn2c(=O)c3cc(C=O)ccc3n(C3CCCOC3)c2=O)cc1OC. The maximum absolute atomic E-state index is 13.5. The van der Waals surface area contributed by atoms with Gasteiger partial charge in [-0.25, -0.2) is 4.79 Å². The van der Waals surface area contributed by atoms with Gasteiger partial charge >= 0.3 is 5.69 Å². The number of aromatic nitrogens is 2. The normalized spacial score (nSPS) is 16.3. The predicted molar refractivity (Wildman–Crippen MR) is 116 cm³/mol. The number of ether oxygens (including phenoxy) is 3. The van der Waals surface area contributed by atoms with E-state index in [4.69, 9.17) is 14.2 Å². The van der Waals surface area contributed by atoms with Crippen LogP contribution in [-0.2, 0) is 11.3 Å². The number of hydrogen-bond donors (Lipinski definition) is 0. The molecule has 0 radical (unpaired) electrons. The van der Waals surface area contributed by atoms with E-state index in [0.717, 1.165) is 12.8 Å². The first-order valence-corrected chi connectivity index (χ1v) is 10.1. The van der Waals surface area contributed by atoms with Crippen LogP contribution in [-0.4, -0.2) is 42.9 Å². The number of carbonyl (C=O) groups is 1. The molecule has 3 aromatic rings. The summed E-state index contributed by atoms with van der Waals surface area (Å²) in [5.74, 6) is 1.07. The minimum atomic E-state index is -0.438. The van der Waals surface area contributed by atoms with Crippen molar-refractivity contribution in [2.75, 3.05) is 27.4 Å². The molecule has 1 atom stereocenters. The zero-order valence-electron chi connectivity index (χ0n) is 17.5. The maximum atomic E-state index is 13.5. The lowest BCUT2D eigenvalue weighted by Gasteiger charge is -2.26. The Labute approximate surface area is 178 Å². The molecule has 0 aliphatic carbocycles. The monoisotopic (exact) mass is 424 g/mol. The molecule has 31 heavy (non-hydrogen) atoms. The molecule has 1 aromatic heterocycles. The second-order valence-corrected chi connectivity index (χ2v) is 7.50. The van der Waals surface area contributed by atoms with Crippen LogP contribution in [0.25, 0.3) is 10.9 Å². The molecule has 0 saturated carbocycles. The van der Waals surface area contributed by atoms with Crippen molar-refractivity contribution in [2.24, 2.45) is 0 Å². The van der Waals surface area contributed by atoms with Crippen LogP contribution >= 0.6 is 0 Å². The average Bonchev–Trinajstić information content (AvgIpc) is 2.82. The van der Waals surface area contributed by atoms with Gasteiger partial charge in [0.1, 0.15) is 6.29 Å². The van der Waals surface area contributed by atoms with E-state index in [1.807, 2.05) is 0 Å². The Morgan fingerprint density at radius 3 is 2.58 bits per heavy atom. The molecule has 1 unspecified atom stereocenters. The third-order valence-electron chi connectivity index (χ3n) is 5.62. The highest BCUT2D eigenvalue weighted by atomic mass is 16.5. The van der Waals surface area contributed by atoms with Crippen molar-refractivity contribution in [3.8, 4) is 11.5 Å². The molecule has 0 amide bonds. The molecule has 8 nitrogen and oxygen atoms in total. The number of carbonyl (C=O) groups excluding carboxylic acids is 1. The summed E-state index contributed by atoms with van der Waals surface area (Å²) in [4.78, 5) is 38.1. The van der Waals surface area contributed by atoms with Crippen LogP contribution in [0.15, 0.2) is 46.0 Å². The topological polar surface area (TPSA) is 88.8 Å². The molecule has 1 aliphatic heterocycles. The van der Waals surface area contributed by atoms with Gasteiger partial charge in [-0.05, 0) is 48.7 Å². The van der Waals surface area contributed by atoms with Crippen molar-refractivity contribution >= 4 is 17.2 Å². The number of rotatable bonds is 6. The van der Waals surface area contributed by atoms with Gasteiger partial charge in [0.15, 0.2) is 11.5 Å². The molecular weight excluding hydrogens is 400 g/mol. The lowest BCUT2D eigenvalue weighted by Crippen LogP contribution is -2.43. The quantitative estimate of drug-likeness (QED) is 0.565. The summed E-state index contributed by atoms with van der Waals surface area (Å²) in [6.07, 6.45) is 2.30. The number of hydrogen-bond acceptors (Lipinski definition) is 6. The third kappa shape index (κ3) is 3.86. The Morgan fingerprint density at radius 2 is 1.90 bits per heavy atom. The molecule has 1 fully saturated rings. The van der Waals surface area contributed by atoms with Crippen molar-refractivity contribution in [3.63, 3.8) is 0 Å². The number of nitrogens with zero attached hydrogens (tertiary/aromatic N) is 2. The van der Waals surface area contributed by atoms with E-state index in [1.165, 1.54) is 17.7 Å². The van der Waals surface area contributed by atoms with E-state index < -0.39 is 11.2 Å². The van der Waals surface area contributed by atoms with Crippen molar-refractivity contribution in [1.29, 1.82) is 0 Å². The molecule has 8 heteroatoms. The van der Waals surface area contributed by atoms with Gasteiger partial charge in [0, 0.05) is 12.2 Å². The Kier molecular flexibility index (Phi) is 5.90. The van der Waals surface area contributed by atoms with E-state index in [0.29, 0.717) is 53.0 Å². The number of aldehydes is 1. The van der Waals surface area contributed by atoms with E-state index in [-0.39, 0.29) is 12.6 Å². The van der Waals surface area contributed by atoms with Gasteiger partial charge in [-0.3, -0.25) is 18.7 Å². The molecule has 2 aromatic carbocycles. The van der Waals surface area contributed by atoms with Crippen molar-refractivity contribution in [2.45, 2.75) is 25.4 Å². The first-order valence-electron chi connectivity index (χ1n) is 10.1. The van der Waals surface area contributed by atoms with Crippen LogP contribution in [0.5, 0.6) is 11.5 Å². The van der Waals surface area contributed by atoms with Crippen LogP contribution < -0.4 is 20.7 Å². The van der Waals surface area contributed by atoms with Crippen LogP contribution in [0.2, 0.25) is 0 Å². The number of benzene rings is 2. The minimum Gasteiger partial charge on any atom is -0.493 e. The summed E-state index contributed by atoms with van der Waals surface area (Å²) in [6.45, 7) is 1.12. The minimum absolute atomic E-state index is 0.0624. The zero-order chi connectivity index (χ0) is 22.0. The summed E-state index contributed by atoms with van der Waals surface area (Å²) in [7, 11) is 3.07. The fraction of sp³-hybridized carbons (Fsp3) is 0.348. The largest absolute Gasteiger partial charge is 0.493 e. The Balaban J connectivity index is 1.91. The van der Waals surface area contributed by atoms with E-state index in [2.05, 4.69) is 0 Å². The Hall–Kier alpha value is -3.39. The lowest BCUT2D eigenvalue weighted by atomic mass is 10.1. The van der Waals surface area contributed by atoms with Crippen LogP contribution in [0.1, 0.15) is 34.8 Å². The predicted octanol–water partition coefficient (Wildman–Crippen LogP) is 2.39. The van der Waals surface area contributed by atoms with Crippen molar-refractivity contribution in [3.05, 3.63) is 68.4 Å². The fourth-order valence-electron chi connectivity index (χ4n) is 4.05. The molecule has 4 rings (SSSR count). The van der Waals surface area contributed by atoms with Gasteiger partial charge < -0.3 is 14.2 Å². The molecule has 2 heterocycles. The molecule has 1 aliphatic rings. The van der Waals surface area contributed by atoms with E-state index >= 15 is 0 Å². The molecule has 1 saturated heterocycles. The zero-order valence-corrected chi connectivity index (χ0v) is 17.5. The van der Waals surface area contributed by atoms with Gasteiger partial charge in [-0.2, -0.15) is 0 Å². The van der Waals surface area contributed by atoms with Crippen LogP contribution in [0.4, 0.5) is 0 Å². The highest BCUT2D eigenvalue weighted by Gasteiger charge is 2.23. The first kappa shape index (κ1) is 20.9. The maximum Gasteiger partial charge on any atom is 0.332 e. The first-order chi connectivity index (χ1) is 15.1. The number of methoxy groups -OCH3 is 2. The van der Waals surface area contributed by atoms with Crippen LogP contribution in [0.3, 0.4) is 0 Å². The van der Waals surface area contributed by atoms with Gasteiger partial charge in [0.25, 0.3) is 5.56 Å². The average molecular weight is 424 g/mol. The van der Waals surface area contributed by atoms with Gasteiger partial charge in [0.2, 0.25) is 0 Å². The van der Waals surface area contributed by atoms with Gasteiger partial charge in [-0.15, -0.1) is 0 Å². The summed E-state index contributed by atoms with van der Waals surface area (Å²) >= 11 is 0. The molecule has 0 bridgehead atoms. The standard InChI is InChI=1S/C23H24N2O6/c1-29-20-8-6-15(11-21(20)30-2)12-24-22(27)18-10-16(13-26)5-7-19(18)25(23(24)28)17-4-3-9-31-14-17/h5-8,10-11,13,17H,3-4,9,12,14H2,1-2H3. The Bertz CT molecular complexity index is 1240. The third-order valence-corrected chi connectivity index (χ3v) is 5.62. The van der Waals surface area contributed by atoms with Crippen molar-refractivity contribution < 1.29 is 19.0 Å². The van der Waals surface area contributed by atoms with Crippen molar-refractivity contribution in [1.82, 2.24) is 9.13 Å². The highest BCUT2D eigenvalue weighted by molar-refractivity contribution is 5.86. The van der Waals surface area contributed by atoms with Crippen LogP contribution in [0, 0.1) is 0 Å². The van der Waals surface area contributed by atoms with Gasteiger partial charge in [0.05, 0.1) is 44.3 Å². The molecule has 0 N–H and O–H groups in total. The summed E-state index contributed by atoms with van der Waals surface area (Å²) in [5, 5.41) is 0.329. The lowest BCUT2D eigenvalue weighted by molar-refractivity contribution is 0.0586. The molecule has 162 valence electrons. The number of fused-ring (bicyclic) bond motifs is 1. The second-order valence-electron chi connectivity index (χ2n) is 7.50. The van der Waals surface area contributed by atoms with E-state index in [1.54, 1.807) is 42.0 Å². The summed E-state index contributed by atoms with van der Waals surface area (Å²) in [6, 6.07) is 9.90. The van der Waals surface area contributed by atoms with Gasteiger partial charge in [-0.1, -0.05) is 6.07 Å². The second kappa shape index (κ2) is 8.77. The summed E-state index contributed by atoms with van der Waals surface area (Å²) < 4.78 is 19.0. The fourth-order valence-corrected chi connectivity index (χ4v) is 4.05. The summed E-state index contributed by atoms with van der Waals surface area (Å²) in [5.41, 5.74) is 0.773. The smallest absolute Gasteiger partial charge is 0.332 e. The molecular formula is C23H24N2O6. The molecule has 0 spiro atoms. The van der Waals surface area contributed by atoms with E-state index in [9.17, 15) is 14.4 Å². The Morgan fingerprint density at radius 1 is 1.10 bits per heavy atom. The highest BCUT2D eigenvalue weighted by Crippen LogP contribution is 2.28.